The standard InChI is InChI=1S/C17H25N3O2/c1-3-20(4-2)17(22)14-7-5-6-8-15(14)19-16(21)13-9-11-18-12-10-13/h5-8,13,18H,3-4,9-12H2,1-2H3,(H,19,21). The Morgan fingerprint density at radius 1 is 1.18 bits per heavy atom. The number of hydrogen-bond acceptors (Lipinski definition) is 3. The summed E-state index contributed by atoms with van der Waals surface area (Å²) in [6, 6.07) is 7.25. The van der Waals surface area contributed by atoms with Crippen molar-refractivity contribution in [1.82, 2.24) is 10.2 Å². The minimum Gasteiger partial charge on any atom is -0.339 e. The summed E-state index contributed by atoms with van der Waals surface area (Å²) in [5.41, 5.74) is 1.18. The zero-order valence-corrected chi connectivity index (χ0v) is 13.4. The Kier molecular flexibility index (Phi) is 5.95. The molecule has 0 saturated carbocycles. The molecular formula is C17H25N3O2. The Hall–Kier alpha value is -1.88. The van der Waals surface area contributed by atoms with Crippen molar-refractivity contribution in [3.05, 3.63) is 29.8 Å². The van der Waals surface area contributed by atoms with E-state index in [0.717, 1.165) is 25.9 Å². The van der Waals surface area contributed by atoms with Gasteiger partial charge >= 0.3 is 0 Å². The summed E-state index contributed by atoms with van der Waals surface area (Å²) >= 11 is 0. The monoisotopic (exact) mass is 303 g/mol. The molecule has 2 N–H and O–H groups in total. The van der Waals surface area contributed by atoms with Crippen molar-refractivity contribution in [1.29, 1.82) is 0 Å². The quantitative estimate of drug-likeness (QED) is 0.876. The number of nitrogens with one attached hydrogen (secondary N) is 2. The van der Waals surface area contributed by atoms with Gasteiger partial charge in [0.1, 0.15) is 0 Å². The molecule has 5 heteroatoms. The molecule has 5 nitrogen and oxygen atoms in total. The molecule has 1 heterocycles. The molecule has 0 spiro atoms. The van der Waals surface area contributed by atoms with Crippen molar-refractivity contribution in [2.75, 3.05) is 31.5 Å². The van der Waals surface area contributed by atoms with Gasteiger partial charge in [0.2, 0.25) is 5.91 Å². The largest absolute Gasteiger partial charge is 0.339 e. The molecule has 0 bridgehead atoms. The lowest BCUT2D eigenvalue weighted by Gasteiger charge is -2.23. The van der Waals surface area contributed by atoms with Crippen LogP contribution in [0.3, 0.4) is 0 Å². The van der Waals surface area contributed by atoms with Crippen molar-refractivity contribution in [2.24, 2.45) is 5.92 Å². The number of hydrogen-bond donors (Lipinski definition) is 2. The Labute approximate surface area is 132 Å². The lowest BCUT2D eigenvalue weighted by atomic mass is 9.97. The van der Waals surface area contributed by atoms with Crippen LogP contribution in [0.15, 0.2) is 24.3 Å². The van der Waals surface area contributed by atoms with E-state index in [4.69, 9.17) is 0 Å². The van der Waals surface area contributed by atoms with Crippen LogP contribution in [0.4, 0.5) is 5.69 Å². The summed E-state index contributed by atoms with van der Waals surface area (Å²) in [4.78, 5) is 26.7. The first-order valence-corrected chi connectivity index (χ1v) is 8.07. The first-order chi connectivity index (χ1) is 10.7. The summed E-state index contributed by atoms with van der Waals surface area (Å²) in [6.07, 6.45) is 1.69. The normalized spacial score (nSPS) is 15.4. The maximum absolute atomic E-state index is 12.6. The fourth-order valence-corrected chi connectivity index (χ4v) is 2.78. The molecule has 2 amide bonds. The van der Waals surface area contributed by atoms with Gasteiger partial charge in [-0.15, -0.1) is 0 Å². The predicted molar refractivity (Wildman–Crippen MR) is 87.9 cm³/mol. The van der Waals surface area contributed by atoms with E-state index in [1.54, 1.807) is 17.0 Å². The van der Waals surface area contributed by atoms with Gasteiger partial charge in [-0.1, -0.05) is 12.1 Å². The van der Waals surface area contributed by atoms with Crippen molar-refractivity contribution < 1.29 is 9.59 Å². The van der Waals surface area contributed by atoms with Crippen LogP contribution in [0.2, 0.25) is 0 Å². The van der Waals surface area contributed by atoms with Gasteiger partial charge in [-0.25, -0.2) is 0 Å². The van der Waals surface area contributed by atoms with E-state index in [9.17, 15) is 9.59 Å². The first-order valence-electron chi connectivity index (χ1n) is 8.07. The number of amides is 2. The lowest BCUT2D eigenvalue weighted by Crippen LogP contribution is -2.35. The zero-order valence-electron chi connectivity index (χ0n) is 13.4. The van der Waals surface area contributed by atoms with E-state index in [2.05, 4.69) is 10.6 Å². The molecule has 2 rings (SSSR count). The molecule has 1 aromatic carbocycles. The van der Waals surface area contributed by atoms with Crippen LogP contribution in [-0.2, 0) is 4.79 Å². The second-order valence-corrected chi connectivity index (χ2v) is 5.54. The van der Waals surface area contributed by atoms with E-state index in [0.29, 0.717) is 24.3 Å². The Morgan fingerprint density at radius 3 is 2.45 bits per heavy atom. The van der Waals surface area contributed by atoms with Crippen LogP contribution < -0.4 is 10.6 Å². The number of carbonyl (C=O) groups is 2. The van der Waals surface area contributed by atoms with Gasteiger partial charge in [-0.2, -0.15) is 0 Å². The highest BCUT2D eigenvalue weighted by atomic mass is 16.2. The number of nitrogens with zero attached hydrogens (tertiary/aromatic N) is 1. The maximum Gasteiger partial charge on any atom is 0.255 e. The average molecular weight is 303 g/mol. The number of rotatable bonds is 5. The molecule has 0 radical (unpaired) electrons. The van der Waals surface area contributed by atoms with Crippen molar-refractivity contribution in [3.8, 4) is 0 Å². The average Bonchev–Trinajstić information content (AvgIpc) is 2.57. The van der Waals surface area contributed by atoms with Gasteiger partial charge in [-0.05, 0) is 51.9 Å². The van der Waals surface area contributed by atoms with E-state index in [1.807, 2.05) is 26.0 Å². The van der Waals surface area contributed by atoms with Crippen LogP contribution in [0.1, 0.15) is 37.0 Å². The second kappa shape index (κ2) is 7.94. The molecule has 22 heavy (non-hydrogen) atoms. The molecule has 1 aliphatic heterocycles. The molecule has 1 aromatic rings. The van der Waals surface area contributed by atoms with Crippen LogP contribution in [0, 0.1) is 5.92 Å². The smallest absolute Gasteiger partial charge is 0.255 e. The number of benzene rings is 1. The Bertz CT molecular complexity index is 520. The van der Waals surface area contributed by atoms with E-state index in [1.165, 1.54) is 0 Å². The number of anilines is 1. The van der Waals surface area contributed by atoms with Crippen LogP contribution >= 0.6 is 0 Å². The molecule has 1 saturated heterocycles. The fourth-order valence-electron chi connectivity index (χ4n) is 2.78. The summed E-state index contributed by atoms with van der Waals surface area (Å²) in [5.74, 6) is 0.00497. The number of para-hydroxylation sites is 1. The SMILES string of the molecule is CCN(CC)C(=O)c1ccccc1NC(=O)C1CCNCC1. The van der Waals surface area contributed by atoms with Crippen molar-refractivity contribution in [3.63, 3.8) is 0 Å². The molecule has 1 fully saturated rings. The summed E-state index contributed by atoms with van der Waals surface area (Å²) in [5, 5.41) is 6.20. The summed E-state index contributed by atoms with van der Waals surface area (Å²) in [7, 11) is 0. The van der Waals surface area contributed by atoms with Gasteiger partial charge < -0.3 is 15.5 Å². The van der Waals surface area contributed by atoms with E-state index >= 15 is 0 Å². The van der Waals surface area contributed by atoms with E-state index in [-0.39, 0.29) is 17.7 Å². The number of carbonyl (C=O) groups excluding carboxylic acids is 2. The van der Waals surface area contributed by atoms with Gasteiger partial charge in [0.25, 0.3) is 5.91 Å². The molecule has 0 unspecified atom stereocenters. The maximum atomic E-state index is 12.6. The zero-order chi connectivity index (χ0) is 15.9. The number of piperidine rings is 1. The minimum atomic E-state index is -0.0359. The third-order valence-electron chi connectivity index (χ3n) is 4.18. The summed E-state index contributed by atoms with van der Waals surface area (Å²) in [6.45, 7) is 6.98. The molecule has 0 aliphatic carbocycles. The highest BCUT2D eigenvalue weighted by molar-refractivity contribution is 6.04. The van der Waals surface area contributed by atoms with Gasteiger partial charge in [-0.3, -0.25) is 9.59 Å². The van der Waals surface area contributed by atoms with Crippen LogP contribution in [0.5, 0.6) is 0 Å². The molecular weight excluding hydrogens is 278 g/mol. The predicted octanol–water partition coefficient (Wildman–Crippen LogP) is 2.11. The minimum absolute atomic E-state index is 0.0151. The molecule has 1 aliphatic rings. The molecule has 120 valence electrons. The summed E-state index contributed by atoms with van der Waals surface area (Å²) < 4.78 is 0. The Balaban J connectivity index is 2.14. The lowest BCUT2D eigenvalue weighted by molar-refractivity contribution is -0.120. The fraction of sp³-hybridized carbons (Fsp3) is 0.529. The molecule has 0 aromatic heterocycles. The van der Waals surface area contributed by atoms with Gasteiger partial charge in [0.05, 0.1) is 11.3 Å². The molecule has 0 atom stereocenters. The first kappa shape index (κ1) is 16.5. The Morgan fingerprint density at radius 2 is 1.82 bits per heavy atom. The third kappa shape index (κ3) is 3.85. The van der Waals surface area contributed by atoms with E-state index < -0.39 is 0 Å². The highest BCUT2D eigenvalue weighted by Crippen LogP contribution is 2.20. The van der Waals surface area contributed by atoms with Crippen LogP contribution in [0.25, 0.3) is 0 Å². The third-order valence-corrected chi connectivity index (χ3v) is 4.18. The highest BCUT2D eigenvalue weighted by Gasteiger charge is 2.23. The van der Waals surface area contributed by atoms with Crippen molar-refractivity contribution >= 4 is 17.5 Å². The topological polar surface area (TPSA) is 61.4 Å². The second-order valence-electron chi connectivity index (χ2n) is 5.54. The van der Waals surface area contributed by atoms with Crippen molar-refractivity contribution in [2.45, 2.75) is 26.7 Å². The van der Waals surface area contributed by atoms with Crippen LogP contribution in [-0.4, -0.2) is 42.9 Å². The van der Waals surface area contributed by atoms with Gasteiger partial charge in [0, 0.05) is 19.0 Å². The van der Waals surface area contributed by atoms with Gasteiger partial charge in [0.15, 0.2) is 0 Å².